The van der Waals surface area contributed by atoms with Gasteiger partial charge in [-0.2, -0.15) is 0 Å². The van der Waals surface area contributed by atoms with Crippen molar-refractivity contribution in [1.82, 2.24) is 20.3 Å². The third kappa shape index (κ3) is 5.40. The number of carbonyl (C=O) groups is 1. The van der Waals surface area contributed by atoms with Crippen molar-refractivity contribution in [2.75, 3.05) is 11.9 Å². The zero-order chi connectivity index (χ0) is 21.2. The summed E-state index contributed by atoms with van der Waals surface area (Å²) in [6, 6.07) is 9.07. The SMILES string of the molecule is CC(C)(Nc1nc(-c2ccc3ncccc3c2)ncc1F)C(=O)NC[C](F)(F)[Tl]. The molecule has 0 fully saturated rings. The van der Waals surface area contributed by atoms with Crippen LogP contribution < -0.4 is 10.6 Å². The molecule has 6 nitrogen and oxygen atoms in total. The van der Waals surface area contributed by atoms with E-state index in [9.17, 15) is 18.0 Å². The summed E-state index contributed by atoms with van der Waals surface area (Å²) in [7, 11) is 0. The zero-order valence-electron chi connectivity index (χ0n) is 15.7. The maximum absolute atomic E-state index is 14.3. The first-order valence-electron chi connectivity index (χ1n) is 8.66. The number of anilines is 1. The van der Waals surface area contributed by atoms with Crippen LogP contribution in [0, 0.1) is 5.82 Å². The molecule has 1 amide bonds. The van der Waals surface area contributed by atoms with Crippen molar-refractivity contribution >= 4 is 48.4 Å². The van der Waals surface area contributed by atoms with Gasteiger partial charge in [0.1, 0.15) is 0 Å². The summed E-state index contributed by atoms with van der Waals surface area (Å²) in [6.45, 7) is 2.17. The number of hydrogen-bond donors (Lipinski definition) is 2. The molecule has 0 aliphatic rings. The van der Waals surface area contributed by atoms with E-state index >= 15 is 0 Å². The molecule has 1 aromatic carbocycles. The van der Waals surface area contributed by atoms with Crippen molar-refractivity contribution in [3.8, 4) is 11.4 Å². The monoisotopic (exact) mass is 593 g/mol. The van der Waals surface area contributed by atoms with Gasteiger partial charge in [-0.15, -0.1) is 0 Å². The summed E-state index contributed by atoms with van der Waals surface area (Å²) in [5.41, 5.74) is 0.0775. The zero-order valence-corrected chi connectivity index (χ0v) is 20.2. The first-order valence-corrected chi connectivity index (χ1v) is 10.9. The van der Waals surface area contributed by atoms with E-state index in [1.807, 2.05) is 12.1 Å². The molecule has 2 aromatic heterocycles. The molecular weight excluding hydrogens is 576 g/mol. The van der Waals surface area contributed by atoms with Crippen LogP contribution in [0.5, 0.6) is 0 Å². The van der Waals surface area contributed by atoms with Gasteiger partial charge in [0.15, 0.2) is 0 Å². The Hall–Kier alpha value is -2.31. The van der Waals surface area contributed by atoms with Crippen LogP contribution in [0.1, 0.15) is 13.8 Å². The van der Waals surface area contributed by atoms with E-state index in [0.29, 0.717) is 5.56 Å². The van der Waals surface area contributed by atoms with Crippen LogP contribution in [-0.2, 0) is 4.79 Å². The van der Waals surface area contributed by atoms with E-state index in [-0.39, 0.29) is 11.6 Å². The Labute approximate surface area is 181 Å². The summed E-state index contributed by atoms with van der Waals surface area (Å²) in [5, 5.41) is 5.75. The van der Waals surface area contributed by atoms with E-state index in [4.69, 9.17) is 0 Å². The number of benzene rings is 1. The number of fused-ring (bicyclic) bond motifs is 1. The first kappa shape index (κ1) is 21.4. The van der Waals surface area contributed by atoms with E-state index in [0.717, 1.165) is 17.1 Å². The van der Waals surface area contributed by atoms with Crippen LogP contribution in [0.3, 0.4) is 0 Å². The molecule has 0 aliphatic heterocycles. The second-order valence-corrected chi connectivity index (χ2v) is 10.3. The van der Waals surface area contributed by atoms with Crippen LogP contribution in [0.15, 0.2) is 42.7 Å². The fraction of sp³-hybridized carbons (Fsp3) is 0.263. The van der Waals surface area contributed by atoms with Gasteiger partial charge in [-0.1, -0.05) is 6.07 Å². The van der Waals surface area contributed by atoms with Crippen molar-refractivity contribution in [3.63, 3.8) is 0 Å². The van der Waals surface area contributed by atoms with Gasteiger partial charge in [0.2, 0.25) is 0 Å². The number of hydrogen-bond acceptors (Lipinski definition) is 5. The summed E-state index contributed by atoms with van der Waals surface area (Å²) < 4.78 is 37.5. The van der Waals surface area contributed by atoms with Crippen LogP contribution >= 0.6 is 0 Å². The normalized spacial score (nSPS) is 12.0. The van der Waals surface area contributed by atoms with Gasteiger partial charge in [-0.25, -0.2) is 0 Å². The van der Waals surface area contributed by atoms with Gasteiger partial charge in [-0.3, -0.25) is 4.98 Å². The Bertz CT molecular complexity index is 1060. The van der Waals surface area contributed by atoms with Gasteiger partial charge < -0.3 is 0 Å². The number of aromatic nitrogens is 3. The molecule has 10 heteroatoms. The molecule has 2 N–H and O–H groups in total. The second-order valence-electron chi connectivity index (χ2n) is 6.99. The summed E-state index contributed by atoms with van der Waals surface area (Å²) in [4.78, 5) is 24.7. The number of carbonyl (C=O) groups excluding carboxylic acids is 1. The molecule has 2 heterocycles. The Balaban J connectivity index is 1.85. The minimum absolute atomic E-state index is 0.194. The van der Waals surface area contributed by atoms with Gasteiger partial charge in [0.25, 0.3) is 0 Å². The van der Waals surface area contributed by atoms with E-state index in [1.54, 1.807) is 24.4 Å². The predicted octanol–water partition coefficient (Wildman–Crippen LogP) is 2.90. The molecular formula is C19H17F3N5OTl. The number of alkyl halides is 2. The molecule has 0 atom stereocenters. The number of amides is 1. The maximum atomic E-state index is 14.3. The number of nitrogens with one attached hydrogen (secondary N) is 2. The van der Waals surface area contributed by atoms with Gasteiger partial charge in [-0.05, 0) is 6.07 Å². The fourth-order valence-electron chi connectivity index (χ4n) is 2.58. The number of pyridine rings is 1. The van der Waals surface area contributed by atoms with Crippen LogP contribution in [0.2, 0.25) is 0 Å². The third-order valence-electron chi connectivity index (χ3n) is 4.09. The minimum atomic E-state index is -2.88. The molecule has 3 aromatic rings. The van der Waals surface area contributed by atoms with E-state index < -0.39 is 53.1 Å². The number of nitrogens with zero attached hydrogens (tertiary/aromatic N) is 3. The van der Waals surface area contributed by atoms with Crippen molar-refractivity contribution < 1.29 is 18.0 Å². The van der Waals surface area contributed by atoms with Gasteiger partial charge in [0.05, 0.1) is 5.52 Å². The molecule has 29 heavy (non-hydrogen) atoms. The Morgan fingerprint density at radius 1 is 1.21 bits per heavy atom. The van der Waals surface area contributed by atoms with Crippen molar-refractivity contribution in [2.24, 2.45) is 0 Å². The quantitative estimate of drug-likeness (QED) is 0.431. The second kappa shape index (κ2) is 8.21. The van der Waals surface area contributed by atoms with Crippen molar-refractivity contribution in [1.29, 1.82) is 0 Å². The summed E-state index contributed by atoms with van der Waals surface area (Å²) in [5.74, 6) is -1.38. The molecule has 0 unspecified atom stereocenters. The standard InChI is InChI=1S/C19H17F3N5O.Tl/c1-19(2,18(28)25-10-15(21)22)27-17-13(20)9-24-16(26-17)12-5-6-14-11(8-12)4-3-7-23-14;/h3-9H,10H2,1-2H3,(H,25,28)(H,24,26,27);. The molecule has 0 spiro atoms. The summed E-state index contributed by atoms with van der Waals surface area (Å²) >= 11 is -0.595. The summed E-state index contributed by atoms with van der Waals surface area (Å²) in [6.07, 6.45) is 2.68. The van der Waals surface area contributed by atoms with Crippen LogP contribution in [0.25, 0.3) is 22.3 Å². The number of rotatable bonds is 6. The Morgan fingerprint density at radius 2 is 1.97 bits per heavy atom. The average molecular weight is 593 g/mol. The molecule has 0 aliphatic carbocycles. The molecule has 0 radical (unpaired) electrons. The van der Waals surface area contributed by atoms with Crippen LogP contribution in [0.4, 0.5) is 19.0 Å². The predicted molar refractivity (Wildman–Crippen MR) is 104 cm³/mol. The van der Waals surface area contributed by atoms with Crippen molar-refractivity contribution in [2.45, 2.75) is 22.9 Å². The molecule has 0 saturated heterocycles. The molecule has 0 saturated carbocycles. The molecule has 3 rings (SSSR count). The topological polar surface area (TPSA) is 79.8 Å². The Morgan fingerprint density at radius 3 is 2.69 bits per heavy atom. The first-order chi connectivity index (χ1) is 13.5. The molecule has 0 bridgehead atoms. The van der Waals surface area contributed by atoms with E-state index in [1.165, 1.54) is 13.8 Å². The average Bonchev–Trinajstić information content (AvgIpc) is 2.66. The fourth-order valence-corrected chi connectivity index (χ4v) is 2.98. The van der Waals surface area contributed by atoms with Crippen LogP contribution in [-0.4, -0.2) is 62.2 Å². The third-order valence-corrected chi connectivity index (χ3v) is 4.88. The van der Waals surface area contributed by atoms with Crippen molar-refractivity contribution in [3.05, 3.63) is 48.5 Å². The van der Waals surface area contributed by atoms with E-state index in [2.05, 4.69) is 25.6 Å². The number of halogens is 3. The van der Waals surface area contributed by atoms with Gasteiger partial charge in [0, 0.05) is 6.20 Å². The van der Waals surface area contributed by atoms with Gasteiger partial charge >= 0.3 is 152 Å². The Kier molecular flexibility index (Phi) is 6.06. The molecule has 148 valence electrons.